The van der Waals surface area contributed by atoms with Crippen molar-refractivity contribution in [3.05, 3.63) is 94.3 Å². The molecule has 1 N–H and O–H groups in total. The first-order chi connectivity index (χ1) is 15.9. The van der Waals surface area contributed by atoms with E-state index < -0.39 is 6.10 Å². The number of rotatable bonds is 6. The number of ether oxygens (including phenoxy) is 1. The van der Waals surface area contributed by atoms with E-state index >= 15 is 0 Å². The minimum Gasteiger partial charge on any atom is -0.480 e. The summed E-state index contributed by atoms with van der Waals surface area (Å²) >= 11 is 5.99. The topological polar surface area (TPSA) is 58.6 Å². The number of benzene rings is 3. The molecule has 0 radical (unpaired) electrons. The van der Waals surface area contributed by atoms with Crippen molar-refractivity contribution in [2.75, 3.05) is 5.32 Å². The molecule has 1 atom stereocenters. The molecule has 2 amide bonds. The van der Waals surface area contributed by atoms with Gasteiger partial charge in [0.15, 0.2) is 6.10 Å². The van der Waals surface area contributed by atoms with Crippen LogP contribution in [0.2, 0.25) is 5.02 Å². The second-order valence-electron chi connectivity index (χ2n) is 8.01. The molecule has 0 bridgehead atoms. The summed E-state index contributed by atoms with van der Waals surface area (Å²) in [4.78, 5) is 27.3. The fraction of sp³-hybridized carbons (Fsp3) is 0.231. The van der Waals surface area contributed by atoms with Gasteiger partial charge in [0.25, 0.3) is 5.91 Å². The number of carbonyl (C=O) groups is 2. The summed E-state index contributed by atoms with van der Waals surface area (Å²) in [7, 11) is 0. The number of hydrogen-bond donors (Lipinski definition) is 1. The summed E-state index contributed by atoms with van der Waals surface area (Å²) in [6.07, 6.45) is 0.107. The molecule has 33 heavy (non-hydrogen) atoms. The van der Waals surface area contributed by atoms with Gasteiger partial charge in [-0.25, -0.2) is 4.39 Å². The van der Waals surface area contributed by atoms with Gasteiger partial charge in [-0.3, -0.25) is 9.59 Å². The first-order valence-corrected chi connectivity index (χ1v) is 11.2. The van der Waals surface area contributed by atoms with Gasteiger partial charge in [0.1, 0.15) is 11.6 Å². The van der Waals surface area contributed by atoms with Crippen LogP contribution in [-0.4, -0.2) is 22.8 Å². The van der Waals surface area contributed by atoms with Crippen LogP contribution in [0.4, 0.5) is 10.1 Å². The Labute approximate surface area is 197 Å². The molecule has 4 rings (SSSR count). The van der Waals surface area contributed by atoms with Gasteiger partial charge in [-0.2, -0.15) is 0 Å². The highest BCUT2D eigenvalue weighted by atomic mass is 35.5. The summed E-state index contributed by atoms with van der Waals surface area (Å²) in [5.74, 6) is 0.000473. The van der Waals surface area contributed by atoms with E-state index in [1.807, 2.05) is 25.1 Å². The Morgan fingerprint density at radius 1 is 1.09 bits per heavy atom. The van der Waals surface area contributed by atoms with Crippen LogP contribution in [0.15, 0.2) is 66.7 Å². The molecular formula is C26H24ClFN2O3. The van der Waals surface area contributed by atoms with Crippen molar-refractivity contribution in [1.82, 2.24) is 4.90 Å². The predicted octanol–water partition coefficient (Wildman–Crippen LogP) is 5.36. The zero-order valence-electron chi connectivity index (χ0n) is 18.2. The Balaban J connectivity index is 1.52. The van der Waals surface area contributed by atoms with Gasteiger partial charge in [-0.1, -0.05) is 42.8 Å². The minimum absolute atomic E-state index is 0.0782. The lowest BCUT2D eigenvalue weighted by Crippen LogP contribution is -2.38. The van der Waals surface area contributed by atoms with E-state index in [9.17, 15) is 14.0 Å². The van der Waals surface area contributed by atoms with Crippen LogP contribution in [0.25, 0.3) is 0 Å². The van der Waals surface area contributed by atoms with Crippen LogP contribution in [0.5, 0.6) is 5.75 Å². The maximum Gasteiger partial charge on any atom is 0.264 e. The number of anilines is 1. The second kappa shape index (κ2) is 10.0. The normalized spacial score (nSPS) is 15.4. The molecule has 170 valence electrons. The quantitative estimate of drug-likeness (QED) is 0.532. The molecule has 0 aromatic heterocycles. The monoisotopic (exact) mass is 466 g/mol. The summed E-state index contributed by atoms with van der Waals surface area (Å²) in [5, 5.41) is 3.52. The Morgan fingerprint density at radius 3 is 2.48 bits per heavy atom. The van der Waals surface area contributed by atoms with Crippen molar-refractivity contribution >= 4 is 29.1 Å². The lowest BCUT2D eigenvalue weighted by Gasteiger charge is -2.23. The van der Waals surface area contributed by atoms with E-state index in [4.69, 9.17) is 16.3 Å². The fourth-order valence-electron chi connectivity index (χ4n) is 3.78. The molecular weight excluding hydrogens is 443 g/mol. The van der Waals surface area contributed by atoms with Crippen molar-refractivity contribution in [3.8, 4) is 5.75 Å². The van der Waals surface area contributed by atoms with E-state index in [2.05, 4.69) is 5.32 Å². The van der Waals surface area contributed by atoms with E-state index in [1.54, 1.807) is 41.3 Å². The zero-order valence-corrected chi connectivity index (χ0v) is 18.9. The lowest BCUT2D eigenvalue weighted by atomic mass is 10.1. The van der Waals surface area contributed by atoms with Gasteiger partial charge in [0.05, 0.1) is 6.42 Å². The van der Waals surface area contributed by atoms with Gasteiger partial charge in [0.2, 0.25) is 5.91 Å². The van der Waals surface area contributed by atoms with Crippen molar-refractivity contribution in [1.29, 1.82) is 0 Å². The third-order valence-electron chi connectivity index (χ3n) is 5.50. The highest BCUT2D eigenvalue weighted by Gasteiger charge is 2.30. The minimum atomic E-state index is -0.572. The third kappa shape index (κ3) is 5.71. The molecule has 5 nitrogen and oxygen atoms in total. The van der Waals surface area contributed by atoms with Crippen LogP contribution >= 0.6 is 11.6 Å². The number of carbonyl (C=O) groups excluding carboxylic acids is 2. The number of hydrogen-bond acceptors (Lipinski definition) is 3. The van der Waals surface area contributed by atoms with Crippen molar-refractivity contribution in [2.45, 2.75) is 39.0 Å². The second-order valence-corrected chi connectivity index (χ2v) is 8.45. The first kappa shape index (κ1) is 22.8. The van der Waals surface area contributed by atoms with Gasteiger partial charge in [-0.15, -0.1) is 0 Å². The van der Waals surface area contributed by atoms with Crippen LogP contribution < -0.4 is 10.1 Å². The summed E-state index contributed by atoms with van der Waals surface area (Å²) < 4.78 is 19.1. The van der Waals surface area contributed by atoms with E-state index in [0.717, 1.165) is 16.7 Å². The molecule has 1 heterocycles. The summed E-state index contributed by atoms with van der Waals surface area (Å²) in [6, 6.07) is 18.6. The third-order valence-corrected chi connectivity index (χ3v) is 5.75. The first-order valence-electron chi connectivity index (χ1n) is 10.8. The van der Waals surface area contributed by atoms with Gasteiger partial charge in [-0.05, 0) is 60.0 Å². The Morgan fingerprint density at radius 2 is 1.79 bits per heavy atom. The lowest BCUT2D eigenvalue weighted by molar-refractivity contribution is -0.139. The maximum atomic E-state index is 13.1. The molecule has 0 spiro atoms. The average molecular weight is 467 g/mol. The molecule has 3 aromatic carbocycles. The molecule has 0 aliphatic carbocycles. The van der Waals surface area contributed by atoms with Crippen LogP contribution in [-0.2, 0) is 29.1 Å². The highest BCUT2D eigenvalue weighted by Crippen LogP contribution is 2.30. The van der Waals surface area contributed by atoms with E-state index in [0.29, 0.717) is 36.0 Å². The maximum absolute atomic E-state index is 13.1. The molecule has 1 aliphatic heterocycles. The predicted molar refractivity (Wildman–Crippen MR) is 126 cm³/mol. The number of fused-ring (bicyclic) bond motifs is 1. The molecule has 0 saturated heterocycles. The SMILES string of the molecule is CC[C@H]1Oc2ccc(NC(=O)Cc3ccc(F)cc3)cc2CN(Cc2ccc(Cl)cc2)C1=O. The molecule has 0 unspecified atom stereocenters. The number of nitrogens with zero attached hydrogens (tertiary/aromatic N) is 1. The highest BCUT2D eigenvalue weighted by molar-refractivity contribution is 6.30. The largest absolute Gasteiger partial charge is 0.480 e. The zero-order chi connectivity index (χ0) is 23.4. The van der Waals surface area contributed by atoms with Gasteiger partial charge < -0.3 is 15.0 Å². The number of halogens is 2. The van der Waals surface area contributed by atoms with Crippen LogP contribution in [0.3, 0.4) is 0 Å². The fourth-order valence-corrected chi connectivity index (χ4v) is 3.91. The van der Waals surface area contributed by atoms with Crippen molar-refractivity contribution in [2.24, 2.45) is 0 Å². The molecule has 3 aromatic rings. The smallest absolute Gasteiger partial charge is 0.264 e. The molecule has 0 fully saturated rings. The Kier molecular flexibility index (Phi) is 6.94. The van der Waals surface area contributed by atoms with E-state index in [-0.39, 0.29) is 24.1 Å². The van der Waals surface area contributed by atoms with Gasteiger partial charge >= 0.3 is 0 Å². The van der Waals surface area contributed by atoms with E-state index in [1.165, 1.54) is 12.1 Å². The van der Waals surface area contributed by atoms with Crippen molar-refractivity contribution in [3.63, 3.8) is 0 Å². The molecule has 0 saturated carbocycles. The van der Waals surface area contributed by atoms with Crippen molar-refractivity contribution < 1.29 is 18.7 Å². The standard InChI is InChI=1S/C26H24ClFN2O3/c1-2-23-26(32)30(15-18-3-7-20(27)8-4-18)16-19-14-22(11-12-24(19)33-23)29-25(31)13-17-5-9-21(28)10-6-17/h3-12,14,23H,2,13,15-16H2,1H3,(H,29,31)/t23-/m1/s1. The molecule has 1 aliphatic rings. The summed E-state index contributed by atoms with van der Waals surface area (Å²) in [5.41, 5.74) is 3.11. The Bertz CT molecular complexity index is 1150. The molecule has 7 heteroatoms. The summed E-state index contributed by atoms with van der Waals surface area (Å²) in [6.45, 7) is 2.70. The van der Waals surface area contributed by atoms with Crippen LogP contribution in [0.1, 0.15) is 30.0 Å². The number of amides is 2. The number of nitrogens with one attached hydrogen (secondary N) is 1. The van der Waals surface area contributed by atoms with Crippen LogP contribution in [0, 0.1) is 5.82 Å². The average Bonchev–Trinajstić information content (AvgIpc) is 2.93. The van der Waals surface area contributed by atoms with Gasteiger partial charge in [0, 0.05) is 29.4 Å². The Hall–Kier alpha value is -3.38.